The molecule has 0 aliphatic heterocycles. The maximum atomic E-state index is 12.8. The van der Waals surface area contributed by atoms with Crippen molar-refractivity contribution in [1.29, 1.82) is 0 Å². The van der Waals surface area contributed by atoms with Gasteiger partial charge in [0, 0.05) is 5.41 Å². The van der Waals surface area contributed by atoms with E-state index >= 15 is 0 Å². The molecule has 4 bridgehead atoms. The van der Waals surface area contributed by atoms with E-state index in [0.717, 1.165) is 30.1 Å². The molecule has 4 nitrogen and oxygen atoms in total. The summed E-state index contributed by atoms with van der Waals surface area (Å²) in [6.07, 6.45) is 18.3. The first-order valence-electron chi connectivity index (χ1n) is 16.1. The second-order valence-electron chi connectivity index (χ2n) is 16.3. The molecule has 0 amide bonds. The molecule has 39 heavy (non-hydrogen) atoms. The quantitative estimate of drug-likeness (QED) is 0.113. The van der Waals surface area contributed by atoms with Gasteiger partial charge in [0.1, 0.15) is 0 Å². The Labute approximate surface area is 240 Å². The molecule has 7 unspecified atom stereocenters. The number of allylic oxidation sites excluding steroid dienone is 2. The van der Waals surface area contributed by atoms with Crippen molar-refractivity contribution in [2.45, 2.75) is 127 Å². The molecule has 0 N–H and O–H groups in total. The lowest BCUT2D eigenvalue weighted by Gasteiger charge is -2.36. The summed E-state index contributed by atoms with van der Waals surface area (Å²) in [5.41, 5.74) is -0.335. The Morgan fingerprint density at radius 3 is 1.95 bits per heavy atom. The third-order valence-corrected chi connectivity index (χ3v) is 9.66. The van der Waals surface area contributed by atoms with Gasteiger partial charge in [-0.2, -0.15) is 0 Å². The highest BCUT2D eigenvalue weighted by molar-refractivity contribution is 5.75. The Morgan fingerprint density at radius 1 is 0.744 bits per heavy atom. The predicted octanol–water partition coefficient (Wildman–Crippen LogP) is 9.02. The summed E-state index contributed by atoms with van der Waals surface area (Å²) >= 11 is 0. The van der Waals surface area contributed by atoms with Crippen LogP contribution in [0.1, 0.15) is 127 Å². The first-order valence-corrected chi connectivity index (χ1v) is 16.1. The highest BCUT2D eigenvalue weighted by Gasteiger charge is 2.62. The fraction of sp³-hybridized carbons (Fsp3) is 0.886. The number of hydrogen-bond donors (Lipinski definition) is 0. The van der Waals surface area contributed by atoms with Crippen LogP contribution < -0.4 is 0 Å². The van der Waals surface area contributed by atoms with Crippen LogP contribution in [0, 0.1) is 57.7 Å². The predicted molar refractivity (Wildman–Crippen MR) is 160 cm³/mol. The van der Waals surface area contributed by atoms with Crippen molar-refractivity contribution in [3.8, 4) is 0 Å². The largest absolute Gasteiger partial charge is 0.465 e. The normalized spacial score (nSPS) is 30.6. The minimum Gasteiger partial charge on any atom is -0.465 e. The van der Waals surface area contributed by atoms with Crippen molar-refractivity contribution < 1.29 is 19.1 Å². The molecule has 7 atom stereocenters. The van der Waals surface area contributed by atoms with Gasteiger partial charge in [0.2, 0.25) is 0 Å². The van der Waals surface area contributed by atoms with Gasteiger partial charge in [-0.25, -0.2) is 0 Å². The van der Waals surface area contributed by atoms with E-state index in [1.54, 1.807) is 0 Å². The van der Waals surface area contributed by atoms with Gasteiger partial charge < -0.3 is 9.47 Å². The van der Waals surface area contributed by atoms with Crippen LogP contribution in [0.2, 0.25) is 0 Å². The Morgan fingerprint density at radius 2 is 1.33 bits per heavy atom. The highest BCUT2D eigenvalue weighted by atomic mass is 16.5. The SMILES string of the molecule is CC(C)(COC(=O)C1CC2CC1C1C3C=CC(C3)C21)COC(=O)C(C)(C)C.CCCCCCCCC(C)(C)C. The molecule has 0 aromatic heterocycles. The van der Waals surface area contributed by atoms with Crippen LogP contribution in [0.3, 0.4) is 0 Å². The number of hydrogen-bond acceptors (Lipinski definition) is 4. The highest BCUT2D eigenvalue weighted by Crippen LogP contribution is 2.67. The molecule has 4 aliphatic rings. The van der Waals surface area contributed by atoms with E-state index < -0.39 is 5.41 Å². The lowest BCUT2D eigenvalue weighted by atomic mass is 9.69. The zero-order chi connectivity index (χ0) is 29.0. The summed E-state index contributed by atoms with van der Waals surface area (Å²) in [5, 5.41) is 0. The third-order valence-electron chi connectivity index (χ3n) is 9.66. The minimum absolute atomic E-state index is 0.0251. The van der Waals surface area contributed by atoms with Crippen LogP contribution in [0.4, 0.5) is 0 Å². The second kappa shape index (κ2) is 13.1. The first kappa shape index (κ1) is 32.2. The summed E-state index contributed by atoms with van der Waals surface area (Å²) in [6, 6.07) is 0. The number of unbranched alkanes of at least 4 members (excludes halogenated alkanes) is 5. The summed E-state index contributed by atoms with van der Waals surface area (Å²) in [4.78, 5) is 24.8. The monoisotopic (exact) mass is 544 g/mol. The van der Waals surface area contributed by atoms with Gasteiger partial charge in [-0.3, -0.25) is 9.59 Å². The van der Waals surface area contributed by atoms with Crippen molar-refractivity contribution in [2.24, 2.45) is 57.7 Å². The van der Waals surface area contributed by atoms with Crippen LogP contribution in [0.25, 0.3) is 0 Å². The van der Waals surface area contributed by atoms with Crippen LogP contribution in [0.5, 0.6) is 0 Å². The molecule has 0 radical (unpaired) electrons. The van der Waals surface area contributed by atoms with Crippen molar-refractivity contribution in [2.75, 3.05) is 13.2 Å². The van der Waals surface area contributed by atoms with Gasteiger partial charge in [0.05, 0.1) is 24.5 Å². The number of ether oxygens (including phenoxy) is 2. The molecule has 0 aromatic carbocycles. The molecule has 4 rings (SSSR count). The Kier molecular flexibility index (Phi) is 10.8. The van der Waals surface area contributed by atoms with Crippen molar-refractivity contribution >= 4 is 11.9 Å². The van der Waals surface area contributed by atoms with Gasteiger partial charge in [0.25, 0.3) is 0 Å². The van der Waals surface area contributed by atoms with Crippen LogP contribution in [-0.2, 0) is 19.1 Å². The topological polar surface area (TPSA) is 52.6 Å². The maximum absolute atomic E-state index is 12.8. The molecule has 3 saturated carbocycles. The maximum Gasteiger partial charge on any atom is 0.311 e. The van der Waals surface area contributed by atoms with Gasteiger partial charge in [-0.05, 0) is 87.4 Å². The number of carbonyl (C=O) groups excluding carboxylic acids is 2. The van der Waals surface area contributed by atoms with E-state index in [0.29, 0.717) is 23.9 Å². The average molecular weight is 545 g/mol. The van der Waals surface area contributed by atoms with Crippen LogP contribution in [0.15, 0.2) is 12.2 Å². The fourth-order valence-corrected chi connectivity index (χ4v) is 7.62. The molecule has 0 spiro atoms. The minimum atomic E-state index is -0.512. The standard InChI is InChI=1S/C23H34O4.C12H26/c1-22(2,3)21(25)27-12-23(4,5)11-26-20(24)17-10-15-9-16(17)19-14-7-6-13(8-14)18(15)19;1-5-6-7-8-9-10-11-12(2,3)4/h6-7,13-19H,8-12H2,1-5H3;5-11H2,1-4H3. The molecular formula is C35H60O4. The van der Waals surface area contributed by atoms with Crippen LogP contribution in [-0.4, -0.2) is 25.2 Å². The number of esters is 2. The first-order chi connectivity index (χ1) is 18.1. The molecule has 4 aliphatic carbocycles. The molecule has 0 aromatic rings. The zero-order valence-corrected chi connectivity index (χ0v) is 26.8. The molecule has 0 heterocycles. The van der Waals surface area contributed by atoms with Gasteiger partial charge in [-0.1, -0.05) is 92.2 Å². The number of carbonyl (C=O) groups is 2. The van der Waals surface area contributed by atoms with Crippen molar-refractivity contribution in [3.05, 3.63) is 12.2 Å². The van der Waals surface area contributed by atoms with Gasteiger partial charge >= 0.3 is 11.9 Å². The Bertz CT molecular complexity index is 842. The van der Waals surface area contributed by atoms with E-state index in [9.17, 15) is 9.59 Å². The third kappa shape index (κ3) is 8.83. The second-order valence-corrected chi connectivity index (χ2v) is 16.3. The number of fused-ring (bicyclic) bond motifs is 9. The lowest BCUT2D eigenvalue weighted by molar-refractivity contribution is -0.161. The van der Waals surface area contributed by atoms with E-state index in [1.807, 2.05) is 34.6 Å². The Balaban J connectivity index is 0.000000298. The lowest BCUT2D eigenvalue weighted by Crippen LogP contribution is -2.37. The van der Waals surface area contributed by atoms with Crippen molar-refractivity contribution in [3.63, 3.8) is 0 Å². The van der Waals surface area contributed by atoms with E-state index in [-0.39, 0.29) is 29.9 Å². The van der Waals surface area contributed by atoms with Crippen molar-refractivity contribution in [1.82, 2.24) is 0 Å². The molecule has 224 valence electrons. The summed E-state index contributed by atoms with van der Waals surface area (Å²) < 4.78 is 11.2. The van der Waals surface area contributed by atoms with E-state index in [4.69, 9.17) is 9.47 Å². The van der Waals surface area contributed by atoms with E-state index in [2.05, 4.69) is 39.8 Å². The summed E-state index contributed by atoms with van der Waals surface area (Å²) in [5.74, 6) is 4.12. The molecule has 4 heteroatoms. The Hall–Kier alpha value is -1.32. The summed E-state index contributed by atoms with van der Waals surface area (Å²) in [6.45, 7) is 19.3. The molecule has 3 fully saturated rings. The smallest absolute Gasteiger partial charge is 0.311 e. The van der Waals surface area contributed by atoms with Crippen LogP contribution >= 0.6 is 0 Å². The average Bonchev–Trinajstić information content (AvgIpc) is 3.62. The van der Waals surface area contributed by atoms with Gasteiger partial charge in [0.15, 0.2) is 0 Å². The van der Waals surface area contributed by atoms with Gasteiger partial charge in [-0.15, -0.1) is 0 Å². The fourth-order valence-electron chi connectivity index (χ4n) is 7.62. The number of rotatable bonds is 11. The van der Waals surface area contributed by atoms with E-state index in [1.165, 1.54) is 57.8 Å². The summed E-state index contributed by atoms with van der Waals surface area (Å²) in [7, 11) is 0. The zero-order valence-electron chi connectivity index (χ0n) is 26.8. The molecular weight excluding hydrogens is 484 g/mol. The molecule has 0 saturated heterocycles.